The summed E-state index contributed by atoms with van der Waals surface area (Å²) >= 11 is 0. The number of nitriles is 1. The summed E-state index contributed by atoms with van der Waals surface area (Å²) in [6, 6.07) is 2.27. The van der Waals surface area contributed by atoms with Gasteiger partial charge < -0.3 is 5.32 Å². The molecule has 80 valence electrons. The van der Waals surface area contributed by atoms with Crippen LogP contribution in [-0.4, -0.2) is 22.9 Å². The monoisotopic (exact) mass is 204 g/mol. The van der Waals surface area contributed by atoms with E-state index in [9.17, 15) is 0 Å². The zero-order chi connectivity index (χ0) is 10.7. The van der Waals surface area contributed by atoms with Crippen LogP contribution in [0, 0.1) is 16.7 Å². The maximum absolute atomic E-state index is 8.79. The third-order valence-corrected chi connectivity index (χ3v) is 3.05. The van der Waals surface area contributed by atoms with Gasteiger partial charge in [0.15, 0.2) is 0 Å². The van der Waals surface area contributed by atoms with Gasteiger partial charge in [-0.05, 0) is 12.0 Å². The standard InChI is InChI=1S/C11H16N4/c1-2-10-5-14-15(6-10)9-11(3-4-12)7-13-8-11/h5-6,13H,2-3,7-9H2,1H3. The van der Waals surface area contributed by atoms with Crippen molar-refractivity contribution in [3.8, 4) is 6.07 Å². The van der Waals surface area contributed by atoms with Crippen molar-refractivity contribution in [3.05, 3.63) is 18.0 Å². The Morgan fingerprint density at radius 3 is 2.93 bits per heavy atom. The van der Waals surface area contributed by atoms with Crippen LogP contribution in [0.25, 0.3) is 0 Å². The number of rotatable bonds is 4. The highest BCUT2D eigenvalue weighted by Gasteiger charge is 2.37. The van der Waals surface area contributed by atoms with Crippen molar-refractivity contribution in [2.75, 3.05) is 13.1 Å². The van der Waals surface area contributed by atoms with Crippen molar-refractivity contribution in [3.63, 3.8) is 0 Å². The first kappa shape index (κ1) is 10.2. The molecule has 0 saturated carbocycles. The van der Waals surface area contributed by atoms with Crippen molar-refractivity contribution in [1.82, 2.24) is 15.1 Å². The Balaban J connectivity index is 2.03. The van der Waals surface area contributed by atoms with Crippen LogP contribution in [0.1, 0.15) is 18.9 Å². The molecule has 4 heteroatoms. The van der Waals surface area contributed by atoms with E-state index in [1.807, 2.05) is 10.9 Å². The maximum atomic E-state index is 8.79. The Morgan fingerprint density at radius 1 is 1.67 bits per heavy atom. The predicted octanol–water partition coefficient (Wildman–Crippen LogP) is 0.949. The van der Waals surface area contributed by atoms with E-state index in [0.29, 0.717) is 6.42 Å². The quantitative estimate of drug-likeness (QED) is 0.794. The van der Waals surface area contributed by atoms with Crippen LogP contribution in [0.4, 0.5) is 0 Å². The zero-order valence-corrected chi connectivity index (χ0v) is 9.03. The molecule has 0 aromatic carbocycles. The van der Waals surface area contributed by atoms with Crippen LogP contribution in [-0.2, 0) is 13.0 Å². The maximum Gasteiger partial charge on any atom is 0.0629 e. The highest BCUT2D eigenvalue weighted by Crippen LogP contribution is 2.28. The number of aromatic nitrogens is 2. The van der Waals surface area contributed by atoms with E-state index >= 15 is 0 Å². The number of hydrogen-bond donors (Lipinski definition) is 1. The molecular formula is C11H16N4. The second-order valence-electron chi connectivity index (χ2n) is 4.34. The molecule has 1 fully saturated rings. The summed E-state index contributed by atoms with van der Waals surface area (Å²) in [5, 5.41) is 16.3. The lowest BCUT2D eigenvalue weighted by Gasteiger charge is -2.40. The van der Waals surface area contributed by atoms with E-state index in [1.165, 1.54) is 5.56 Å². The fourth-order valence-electron chi connectivity index (χ4n) is 1.96. The Hall–Kier alpha value is -1.34. The molecule has 1 saturated heterocycles. The molecule has 0 amide bonds. The van der Waals surface area contributed by atoms with Gasteiger partial charge in [-0.1, -0.05) is 6.92 Å². The second kappa shape index (κ2) is 4.03. The van der Waals surface area contributed by atoms with Gasteiger partial charge in [-0.2, -0.15) is 10.4 Å². The summed E-state index contributed by atoms with van der Waals surface area (Å²) in [4.78, 5) is 0. The fraction of sp³-hybridized carbons (Fsp3) is 0.636. The molecule has 1 aliphatic rings. The van der Waals surface area contributed by atoms with Gasteiger partial charge in [0.25, 0.3) is 0 Å². The molecule has 4 nitrogen and oxygen atoms in total. The zero-order valence-electron chi connectivity index (χ0n) is 9.03. The number of nitrogens with one attached hydrogen (secondary N) is 1. The molecule has 1 N–H and O–H groups in total. The molecule has 0 radical (unpaired) electrons. The molecule has 0 atom stereocenters. The lowest BCUT2D eigenvalue weighted by Crippen LogP contribution is -2.55. The summed E-state index contributed by atoms with van der Waals surface area (Å²) in [5.41, 5.74) is 1.38. The molecule has 2 heterocycles. The first-order chi connectivity index (χ1) is 7.28. The summed E-state index contributed by atoms with van der Waals surface area (Å²) in [6.45, 7) is 4.84. The smallest absolute Gasteiger partial charge is 0.0629 e. The molecule has 0 spiro atoms. The highest BCUT2D eigenvalue weighted by atomic mass is 15.3. The van der Waals surface area contributed by atoms with Gasteiger partial charge in [-0.15, -0.1) is 0 Å². The molecule has 1 aromatic rings. The summed E-state index contributed by atoms with van der Waals surface area (Å²) in [5.74, 6) is 0. The summed E-state index contributed by atoms with van der Waals surface area (Å²) in [6.07, 6.45) is 5.62. The first-order valence-electron chi connectivity index (χ1n) is 5.37. The van der Waals surface area contributed by atoms with Gasteiger partial charge in [0.2, 0.25) is 0 Å². The second-order valence-corrected chi connectivity index (χ2v) is 4.34. The molecule has 0 bridgehead atoms. The number of hydrogen-bond acceptors (Lipinski definition) is 3. The number of aryl methyl sites for hydroxylation is 1. The van der Waals surface area contributed by atoms with Crippen LogP contribution in [0.15, 0.2) is 12.4 Å². The summed E-state index contributed by atoms with van der Waals surface area (Å²) < 4.78 is 1.97. The third kappa shape index (κ3) is 2.02. The van der Waals surface area contributed by atoms with E-state index in [0.717, 1.165) is 26.1 Å². The minimum atomic E-state index is 0.117. The SMILES string of the molecule is CCc1cnn(CC2(CC#N)CNC2)c1. The average molecular weight is 204 g/mol. The van der Waals surface area contributed by atoms with E-state index in [1.54, 1.807) is 0 Å². The van der Waals surface area contributed by atoms with Gasteiger partial charge in [0, 0.05) is 37.7 Å². The van der Waals surface area contributed by atoms with Crippen molar-refractivity contribution < 1.29 is 0 Å². The molecular weight excluding hydrogens is 188 g/mol. The highest BCUT2D eigenvalue weighted by molar-refractivity contribution is 5.05. The van der Waals surface area contributed by atoms with Gasteiger partial charge in [-0.3, -0.25) is 4.68 Å². The Morgan fingerprint density at radius 2 is 2.47 bits per heavy atom. The lowest BCUT2D eigenvalue weighted by atomic mass is 9.79. The van der Waals surface area contributed by atoms with Crippen molar-refractivity contribution in [1.29, 1.82) is 5.26 Å². The lowest BCUT2D eigenvalue weighted by molar-refractivity contribution is 0.137. The van der Waals surface area contributed by atoms with Crippen LogP contribution < -0.4 is 5.32 Å². The fourth-order valence-corrected chi connectivity index (χ4v) is 1.96. The van der Waals surface area contributed by atoms with Gasteiger partial charge in [-0.25, -0.2) is 0 Å². The van der Waals surface area contributed by atoms with E-state index in [4.69, 9.17) is 5.26 Å². The van der Waals surface area contributed by atoms with Crippen molar-refractivity contribution in [2.45, 2.75) is 26.3 Å². The molecule has 1 aliphatic heterocycles. The van der Waals surface area contributed by atoms with E-state index in [2.05, 4.69) is 29.6 Å². The topological polar surface area (TPSA) is 53.6 Å². The van der Waals surface area contributed by atoms with Gasteiger partial charge in [0.05, 0.1) is 12.3 Å². The third-order valence-electron chi connectivity index (χ3n) is 3.05. The first-order valence-corrected chi connectivity index (χ1v) is 5.37. The average Bonchev–Trinajstić information content (AvgIpc) is 2.62. The van der Waals surface area contributed by atoms with Crippen LogP contribution in [0.3, 0.4) is 0 Å². The van der Waals surface area contributed by atoms with Crippen LogP contribution >= 0.6 is 0 Å². The largest absolute Gasteiger partial charge is 0.315 e. The van der Waals surface area contributed by atoms with E-state index in [-0.39, 0.29) is 5.41 Å². The Labute approximate surface area is 89.9 Å². The minimum Gasteiger partial charge on any atom is -0.315 e. The van der Waals surface area contributed by atoms with E-state index < -0.39 is 0 Å². The van der Waals surface area contributed by atoms with Crippen LogP contribution in [0.5, 0.6) is 0 Å². The number of nitrogens with zero attached hydrogens (tertiary/aromatic N) is 3. The molecule has 15 heavy (non-hydrogen) atoms. The van der Waals surface area contributed by atoms with Crippen LogP contribution in [0.2, 0.25) is 0 Å². The molecule has 0 aliphatic carbocycles. The normalized spacial score (nSPS) is 18.1. The summed E-state index contributed by atoms with van der Waals surface area (Å²) in [7, 11) is 0. The predicted molar refractivity (Wildman–Crippen MR) is 57.1 cm³/mol. The van der Waals surface area contributed by atoms with Crippen molar-refractivity contribution >= 4 is 0 Å². The van der Waals surface area contributed by atoms with Crippen molar-refractivity contribution in [2.24, 2.45) is 5.41 Å². The minimum absolute atomic E-state index is 0.117. The Bertz CT molecular complexity index is 370. The molecule has 1 aromatic heterocycles. The molecule has 2 rings (SSSR count). The Kier molecular flexibility index (Phi) is 2.74. The van der Waals surface area contributed by atoms with Gasteiger partial charge in [0.1, 0.15) is 0 Å². The molecule has 0 unspecified atom stereocenters. The van der Waals surface area contributed by atoms with Gasteiger partial charge >= 0.3 is 0 Å².